The van der Waals surface area contributed by atoms with E-state index in [2.05, 4.69) is 14.8 Å². The number of amides is 1. The van der Waals surface area contributed by atoms with E-state index in [4.69, 9.17) is 4.74 Å². The van der Waals surface area contributed by atoms with E-state index in [1.807, 2.05) is 17.0 Å². The Morgan fingerprint density at radius 1 is 1.14 bits per heavy atom. The van der Waals surface area contributed by atoms with Crippen LogP contribution in [0.2, 0.25) is 0 Å². The Balaban J connectivity index is 1.30. The number of pyridine rings is 1. The summed E-state index contributed by atoms with van der Waals surface area (Å²) in [6, 6.07) is 4.60. The molecule has 158 valence electrons. The second kappa shape index (κ2) is 8.20. The van der Waals surface area contributed by atoms with Gasteiger partial charge in [-0.2, -0.15) is 0 Å². The van der Waals surface area contributed by atoms with Gasteiger partial charge in [0.1, 0.15) is 5.82 Å². The zero-order chi connectivity index (χ0) is 19.8. The summed E-state index contributed by atoms with van der Waals surface area (Å²) >= 11 is 0. The highest BCUT2D eigenvalue weighted by molar-refractivity contribution is 5.94. The number of hydrogen-bond acceptors (Lipinski definition) is 6. The Labute approximate surface area is 172 Å². The maximum atomic E-state index is 13.2. The molecule has 0 unspecified atom stereocenters. The SMILES string of the molecule is O=C(c1ccc(N2CCOCC2)nc1)N1C[C@H]2C[C@@H](C1)[C@H](CO)N1CCCC[C@@H]21. The van der Waals surface area contributed by atoms with E-state index in [1.165, 1.54) is 19.3 Å². The Morgan fingerprint density at radius 2 is 1.97 bits per heavy atom. The smallest absolute Gasteiger partial charge is 0.255 e. The third-order valence-corrected chi connectivity index (χ3v) is 7.43. The third kappa shape index (κ3) is 3.64. The predicted octanol–water partition coefficient (Wildman–Crippen LogP) is 1.23. The summed E-state index contributed by atoms with van der Waals surface area (Å²) in [5, 5.41) is 10.1. The van der Waals surface area contributed by atoms with Gasteiger partial charge < -0.3 is 19.6 Å². The summed E-state index contributed by atoms with van der Waals surface area (Å²) in [5.74, 6) is 1.90. The number of aliphatic hydroxyl groups is 1. The molecular formula is C22H32N4O3. The fourth-order valence-corrected chi connectivity index (χ4v) is 6.00. The van der Waals surface area contributed by atoms with Gasteiger partial charge in [0.25, 0.3) is 5.91 Å². The van der Waals surface area contributed by atoms with Crippen molar-refractivity contribution in [3.05, 3.63) is 23.9 Å². The summed E-state index contributed by atoms with van der Waals surface area (Å²) in [4.78, 5) is 24.6. The molecule has 7 nitrogen and oxygen atoms in total. The number of carbonyl (C=O) groups excluding carboxylic acids is 1. The van der Waals surface area contributed by atoms with Crippen LogP contribution in [0.15, 0.2) is 18.3 Å². The molecule has 0 saturated carbocycles. The standard InChI is InChI=1S/C22H32N4O3/c27-15-20-18-11-17(19-3-1-2-6-26(19)20)13-25(14-18)22(28)16-4-5-21(23-12-16)24-7-9-29-10-8-24/h4-5,12,17-20,27H,1-3,6-11,13-15H2/t17-,18+,19+,20+/m1/s1. The van der Waals surface area contributed by atoms with E-state index in [9.17, 15) is 9.90 Å². The Kier molecular flexibility index (Phi) is 5.45. The lowest BCUT2D eigenvalue weighted by atomic mass is 9.72. The Morgan fingerprint density at radius 3 is 2.72 bits per heavy atom. The molecule has 0 aliphatic carbocycles. The largest absolute Gasteiger partial charge is 0.395 e. The van der Waals surface area contributed by atoms with Crippen molar-refractivity contribution in [3.8, 4) is 0 Å². The number of ether oxygens (including phenoxy) is 1. The highest BCUT2D eigenvalue weighted by atomic mass is 16.5. The van der Waals surface area contributed by atoms with Crippen molar-refractivity contribution in [2.45, 2.75) is 37.8 Å². The Hall–Kier alpha value is -1.70. The monoisotopic (exact) mass is 400 g/mol. The molecule has 5 rings (SSSR count). The zero-order valence-electron chi connectivity index (χ0n) is 17.1. The lowest BCUT2D eigenvalue weighted by molar-refractivity contribution is -0.0795. The van der Waals surface area contributed by atoms with Crippen LogP contribution in [0.25, 0.3) is 0 Å². The minimum absolute atomic E-state index is 0.0849. The van der Waals surface area contributed by atoms with Crippen LogP contribution < -0.4 is 4.90 Å². The van der Waals surface area contributed by atoms with Crippen LogP contribution in [0.5, 0.6) is 0 Å². The molecule has 1 aromatic heterocycles. The summed E-state index contributed by atoms with van der Waals surface area (Å²) in [6.07, 6.45) is 6.57. The highest BCUT2D eigenvalue weighted by Gasteiger charge is 2.47. The van der Waals surface area contributed by atoms with Gasteiger partial charge in [-0.15, -0.1) is 0 Å². The molecule has 4 atom stereocenters. The van der Waals surface area contributed by atoms with Crippen molar-refractivity contribution in [2.75, 3.05) is 57.4 Å². The van der Waals surface area contributed by atoms with Crippen molar-refractivity contribution in [3.63, 3.8) is 0 Å². The quantitative estimate of drug-likeness (QED) is 0.823. The number of aliphatic hydroxyl groups excluding tert-OH is 1. The van der Waals surface area contributed by atoms with E-state index in [0.29, 0.717) is 23.4 Å². The molecule has 1 amide bonds. The summed E-state index contributed by atoms with van der Waals surface area (Å²) in [5.41, 5.74) is 0.669. The number of fused-ring (bicyclic) bond motifs is 4. The first-order chi connectivity index (χ1) is 14.2. The van der Waals surface area contributed by atoms with Crippen LogP contribution >= 0.6 is 0 Å². The van der Waals surface area contributed by atoms with Crippen molar-refractivity contribution < 1.29 is 14.6 Å². The van der Waals surface area contributed by atoms with Crippen LogP contribution in [0.4, 0.5) is 5.82 Å². The Bertz CT molecular complexity index is 707. The summed E-state index contributed by atoms with van der Waals surface area (Å²) < 4.78 is 5.40. The van der Waals surface area contributed by atoms with Gasteiger partial charge in [-0.05, 0) is 49.8 Å². The molecule has 4 saturated heterocycles. The maximum absolute atomic E-state index is 13.2. The van der Waals surface area contributed by atoms with Gasteiger partial charge >= 0.3 is 0 Å². The zero-order valence-corrected chi connectivity index (χ0v) is 17.1. The number of rotatable bonds is 3. The van der Waals surface area contributed by atoms with E-state index in [0.717, 1.165) is 58.2 Å². The molecule has 1 N–H and O–H groups in total. The minimum atomic E-state index is 0.0849. The molecule has 4 aliphatic heterocycles. The fourth-order valence-electron chi connectivity index (χ4n) is 6.00. The first-order valence-corrected chi connectivity index (χ1v) is 11.2. The lowest BCUT2D eigenvalue weighted by Crippen LogP contribution is -2.65. The second-order valence-electron chi connectivity index (χ2n) is 9.02. The number of aromatic nitrogens is 1. The summed E-state index contributed by atoms with van der Waals surface area (Å²) in [7, 11) is 0. The molecule has 0 spiro atoms. The minimum Gasteiger partial charge on any atom is -0.395 e. The number of morpholine rings is 1. The highest BCUT2D eigenvalue weighted by Crippen LogP contribution is 2.41. The van der Waals surface area contributed by atoms with Gasteiger partial charge in [-0.3, -0.25) is 9.69 Å². The molecular weight excluding hydrogens is 368 g/mol. The second-order valence-corrected chi connectivity index (χ2v) is 9.02. The van der Waals surface area contributed by atoms with Gasteiger partial charge in [-0.1, -0.05) is 6.42 Å². The topological polar surface area (TPSA) is 69.1 Å². The number of likely N-dealkylation sites (tertiary alicyclic amines) is 1. The molecule has 4 aliphatic rings. The van der Waals surface area contributed by atoms with Crippen LogP contribution in [0.3, 0.4) is 0 Å². The van der Waals surface area contributed by atoms with E-state index in [1.54, 1.807) is 6.20 Å². The van der Waals surface area contributed by atoms with E-state index >= 15 is 0 Å². The van der Waals surface area contributed by atoms with E-state index < -0.39 is 0 Å². The van der Waals surface area contributed by atoms with Crippen molar-refractivity contribution in [1.82, 2.24) is 14.8 Å². The van der Waals surface area contributed by atoms with Gasteiger partial charge in [0, 0.05) is 44.5 Å². The van der Waals surface area contributed by atoms with Crippen LogP contribution in [0.1, 0.15) is 36.0 Å². The van der Waals surface area contributed by atoms with Crippen LogP contribution in [-0.2, 0) is 4.74 Å². The normalized spacial score (nSPS) is 32.7. The van der Waals surface area contributed by atoms with Crippen LogP contribution in [0, 0.1) is 11.8 Å². The number of hydrogen-bond donors (Lipinski definition) is 1. The third-order valence-electron chi connectivity index (χ3n) is 7.43. The average Bonchev–Trinajstić information content (AvgIpc) is 2.79. The number of nitrogens with zero attached hydrogens (tertiary/aromatic N) is 4. The molecule has 7 heteroatoms. The summed E-state index contributed by atoms with van der Waals surface area (Å²) in [6.45, 7) is 6.02. The van der Waals surface area contributed by atoms with Gasteiger partial charge in [-0.25, -0.2) is 4.98 Å². The van der Waals surface area contributed by atoms with Gasteiger partial charge in [0.2, 0.25) is 0 Å². The molecule has 5 heterocycles. The first kappa shape index (κ1) is 19.3. The van der Waals surface area contributed by atoms with E-state index in [-0.39, 0.29) is 18.6 Å². The molecule has 0 radical (unpaired) electrons. The lowest BCUT2D eigenvalue weighted by Gasteiger charge is -2.56. The molecule has 4 fully saturated rings. The first-order valence-electron chi connectivity index (χ1n) is 11.2. The predicted molar refractivity (Wildman–Crippen MR) is 110 cm³/mol. The maximum Gasteiger partial charge on any atom is 0.255 e. The van der Waals surface area contributed by atoms with Gasteiger partial charge in [0.05, 0.1) is 25.4 Å². The molecule has 1 aromatic rings. The fraction of sp³-hybridized carbons (Fsp3) is 0.727. The average molecular weight is 401 g/mol. The van der Waals surface area contributed by atoms with Crippen molar-refractivity contribution in [1.29, 1.82) is 0 Å². The molecule has 29 heavy (non-hydrogen) atoms. The molecule has 2 bridgehead atoms. The van der Waals surface area contributed by atoms with Crippen LogP contribution in [-0.4, -0.2) is 90.4 Å². The van der Waals surface area contributed by atoms with Crippen molar-refractivity contribution >= 4 is 11.7 Å². The van der Waals surface area contributed by atoms with Crippen molar-refractivity contribution in [2.24, 2.45) is 11.8 Å². The number of carbonyl (C=O) groups is 1. The molecule has 0 aromatic carbocycles. The van der Waals surface area contributed by atoms with Gasteiger partial charge in [0.15, 0.2) is 0 Å². The number of anilines is 1. The number of piperidine rings is 3.